The van der Waals surface area contributed by atoms with Gasteiger partial charge in [-0.25, -0.2) is 12.7 Å². The van der Waals surface area contributed by atoms with E-state index in [1.807, 2.05) is 6.92 Å². The number of sulfonamides is 1. The van der Waals surface area contributed by atoms with Crippen molar-refractivity contribution >= 4 is 24.2 Å². The zero-order valence-corrected chi connectivity index (χ0v) is 29.1. The fraction of sp³-hybridized carbons (Fsp3) is 0.594. The van der Waals surface area contributed by atoms with Gasteiger partial charge >= 0.3 is 0 Å². The first-order valence-corrected chi connectivity index (χ1v) is 19.5. The molecule has 1 amide bonds. The number of ether oxygens (including phenoxy) is 6. The molecular weight excluding hydrogens is 619 g/mol. The number of carbonyl (C=O) groups is 1. The van der Waals surface area contributed by atoms with E-state index in [-0.39, 0.29) is 29.1 Å². The van der Waals surface area contributed by atoms with Crippen molar-refractivity contribution in [2.75, 3.05) is 20.7 Å². The highest BCUT2D eigenvalue weighted by Gasteiger charge is 2.66. The van der Waals surface area contributed by atoms with Crippen molar-refractivity contribution in [1.29, 1.82) is 0 Å². The van der Waals surface area contributed by atoms with Crippen LogP contribution in [0.15, 0.2) is 41.3 Å². The highest BCUT2D eigenvalue weighted by Crippen LogP contribution is 2.54. The van der Waals surface area contributed by atoms with E-state index in [1.54, 1.807) is 38.1 Å². The molecule has 0 bridgehead atoms. The maximum absolute atomic E-state index is 14.6. The minimum absolute atomic E-state index is 0.00637. The average molecular weight is 662 g/mol. The summed E-state index contributed by atoms with van der Waals surface area (Å²) in [5.41, 5.74) is 1.65. The predicted molar refractivity (Wildman–Crippen MR) is 166 cm³/mol. The van der Waals surface area contributed by atoms with Gasteiger partial charge in [-0.1, -0.05) is 38.5 Å². The third-order valence-corrected chi connectivity index (χ3v) is 15.9. The van der Waals surface area contributed by atoms with Gasteiger partial charge in [0.2, 0.25) is 6.79 Å². The minimum Gasteiger partial charge on any atom is -0.454 e. The normalized spacial score (nSPS) is 28.9. The van der Waals surface area contributed by atoms with Gasteiger partial charge in [0.1, 0.15) is 25.1 Å². The van der Waals surface area contributed by atoms with Gasteiger partial charge in [-0.05, 0) is 68.7 Å². The van der Waals surface area contributed by atoms with E-state index in [1.165, 1.54) is 19.2 Å². The van der Waals surface area contributed by atoms with Crippen molar-refractivity contribution in [3.8, 4) is 11.5 Å². The van der Waals surface area contributed by atoms with Crippen LogP contribution < -0.4 is 9.47 Å². The van der Waals surface area contributed by atoms with Crippen molar-refractivity contribution < 1.29 is 46.1 Å². The fourth-order valence-corrected chi connectivity index (χ4v) is 9.43. The minimum atomic E-state index is -4.39. The van der Waals surface area contributed by atoms with Gasteiger partial charge in [0.15, 0.2) is 25.6 Å². The number of aryl methyl sites for hydroxylation is 1. The number of carbonyl (C=O) groups excluding carboxylic acids is 1. The summed E-state index contributed by atoms with van der Waals surface area (Å²) >= 11 is 0. The Balaban J connectivity index is 1.60. The maximum atomic E-state index is 14.6. The summed E-state index contributed by atoms with van der Waals surface area (Å²) in [5, 5.41) is -0.159. The Morgan fingerprint density at radius 1 is 1.00 bits per heavy atom. The summed E-state index contributed by atoms with van der Waals surface area (Å²) in [6.07, 6.45) is -3.09. The molecule has 246 valence electrons. The van der Waals surface area contributed by atoms with E-state index >= 15 is 0 Å². The van der Waals surface area contributed by atoms with E-state index in [0.717, 1.165) is 9.87 Å². The molecule has 0 aromatic heterocycles. The van der Waals surface area contributed by atoms with Crippen LogP contribution in [0.3, 0.4) is 0 Å². The second kappa shape index (κ2) is 11.0. The molecule has 0 radical (unpaired) electrons. The lowest BCUT2D eigenvalue weighted by Crippen LogP contribution is -2.69. The van der Waals surface area contributed by atoms with Crippen LogP contribution in [0.4, 0.5) is 0 Å². The van der Waals surface area contributed by atoms with Crippen molar-refractivity contribution in [3.05, 3.63) is 53.1 Å². The number of hydrogen-bond donors (Lipinski definition) is 0. The molecule has 2 aromatic rings. The molecule has 3 heterocycles. The summed E-state index contributed by atoms with van der Waals surface area (Å²) in [4.78, 5) is 14.5. The summed E-state index contributed by atoms with van der Waals surface area (Å²) in [5.74, 6) is -1.68. The first kappa shape index (κ1) is 32.4. The largest absolute Gasteiger partial charge is 0.454 e. The van der Waals surface area contributed by atoms with Gasteiger partial charge in [-0.15, -0.1) is 0 Å². The van der Waals surface area contributed by atoms with Gasteiger partial charge in [0.05, 0.1) is 17.0 Å². The lowest BCUT2D eigenvalue weighted by atomic mass is 9.70. The highest BCUT2D eigenvalue weighted by molar-refractivity contribution is 7.89. The van der Waals surface area contributed by atoms with Crippen LogP contribution in [0.1, 0.15) is 62.0 Å². The third-order valence-electron chi connectivity index (χ3n) is 9.67. The second-order valence-electron chi connectivity index (χ2n) is 14.2. The Bertz CT molecular complexity index is 1590. The van der Waals surface area contributed by atoms with E-state index in [0.29, 0.717) is 17.1 Å². The molecule has 0 N–H and O–H groups in total. The Hall–Kier alpha value is -2.52. The standard InChI is InChI=1S/C32H43NO10SSi/c1-18-10-12-19(13-11-18)44(35,36)33-25-24(20-14-22-23(39-17-38-22)15-21(20)30(33)34)26(40-16-37-7)29(43-45(8,9)31(2,3)4)28-27(25)41-32(5,6)42-28/h10-15,24-29H,16-17H2,1-9H3/t24-,25+,26-,27-,28-,29+/m0/s1. The molecule has 2 aromatic carbocycles. The smallest absolute Gasteiger partial charge is 0.268 e. The van der Waals surface area contributed by atoms with Gasteiger partial charge in [-0.2, -0.15) is 0 Å². The number of rotatable bonds is 7. The molecule has 11 nitrogen and oxygen atoms in total. The number of hydrogen-bond acceptors (Lipinski definition) is 10. The van der Waals surface area contributed by atoms with Gasteiger partial charge < -0.3 is 32.8 Å². The van der Waals surface area contributed by atoms with E-state index in [2.05, 4.69) is 33.9 Å². The lowest BCUT2D eigenvalue weighted by Gasteiger charge is -2.54. The van der Waals surface area contributed by atoms with Crippen molar-refractivity contribution in [2.24, 2.45) is 0 Å². The highest BCUT2D eigenvalue weighted by atomic mass is 32.2. The van der Waals surface area contributed by atoms with Crippen LogP contribution in [0, 0.1) is 6.92 Å². The van der Waals surface area contributed by atoms with Crippen LogP contribution >= 0.6 is 0 Å². The van der Waals surface area contributed by atoms with Crippen LogP contribution in [0.2, 0.25) is 18.1 Å². The molecule has 13 heteroatoms. The Labute approximate surface area is 266 Å². The SMILES string of the molecule is COCO[C@@H]1[C@@H](O[Si](C)(C)C(C)(C)C)[C@H]2OC(C)(C)O[C@H]2[C@H]2[C@@H]1c1cc3c(cc1C(=O)N2S(=O)(=O)c1ccc(C)cc1)OCO3. The molecule has 3 aliphatic heterocycles. The van der Waals surface area contributed by atoms with Gasteiger partial charge in [0.25, 0.3) is 15.9 Å². The van der Waals surface area contributed by atoms with Crippen LogP contribution in [0.25, 0.3) is 0 Å². The second-order valence-corrected chi connectivity index (χ2v) is 20.7. The Kier molecular flexibility index (Phi) is 7.95. The molecule has 4 aliphatic rings. The summed E-state index contributed by atoms with van der Waals surface area (Å²) < 4.78 is 73.6. The zero-order valence-electron chi connectivity index (χ0n) is 27.3. The fourth-order valence-electron chi connectivity index (χ4n) is 6.53. The summed E-state index contributed by atoms with van der Waals surface area (Å²) in [6, 6.07) is 8.73. The van der Waals surface area contributed by atoms with Crippen molar-refractivity contribution in [2.45, 2.75) is 107 Å². The Morgan fingerprint density at radius 3 is 2.24 bits per heavy atom. The number of fused-ring (bicyclic) bond motifs is 6. The molecule has 2 fully saturated rings. The molecule has 0 unspecified atom stereocenters. The van der Waals surface area contributed by atoms with Crippen molar-refractivity contribution in [1.82, 2.24) is 4.31 Å². The molecule has 45 heavy (non-hydrogen) atoms. The maximum Gasteiger partial charge on any atom is 0.268 e. The zero-order chi connectivity index (χ0) is 32.7. The van der Waals surface area contributed by atoms with E-state index < -0.39 is 66.4 Å². The van der Waals surface area contributed by atoms with Gasteiger partial charge in [0, 0.05) is 18.6 Å². The lowest BCUT2D eigenvalue weighted by molar-refractivity contribution is -0.179. The van der Waals surface area contributed by atoms with Crippen LogP contribution in [-0.2, 0) is 33.4 Å². The van der Waals surface area contributed by atoms with Crippen molar-refractivity contribution in [3.63, 3.8) is 0 Å². The number of amides is 1. The molecule has 1 saturated carbocycles. The predicted octanol–water partition coefficient (Wildman–Crippen LogP) is 4.93. The Morgan fingerprint density at radius 2 is 1.62 bits per heavy atom. The number of benzene rings is 2. The molecule has 0 spiro atoms. The molecule has 6 rings (SSSR count). The molecule has 1 aliphatic carbocycles. The molecule has 1 saturated heterocycles. The summed E-state index contributed by atoms with van der Waals surface area (Å²) in [7, 11) is -5.34. The quantitative estimate of drug-likeness (QED) is 0.298. The number of nitrogens with zero attached hydrogens (tertiary/aromatic N) is 1. The van der Waals surface area contributed by atoms with E-state index in [4.69, 9.17) is 32.8 Å². The number of methoxy groups -OCH3 is 1. The monoisotopic (exact) mass is 661 g/mol. The first-order chi connectivity index (χ1) is 21.0. The van der Waals surface area contributed by atoms with Crippen LogP contribution in [-0.4, -0.2) is 83.9 Å². The van der Waals surface area contributed by atoms with Gasteiger partial charge in [-0.3, -0.25) is 4.79 Å². The van der Waals surface area contributed by atoms with Crippen LogP contribution in [0.5, 0.6) is 11.5 Å². The third kappa shape index (κ3) is 5.39. The molecule has 6 atom stereocenters. The first-order valence-electron chi connectivity index (χ1n) is 15.2. The average Bonchev–Trinajstić information content (AvgIpc) is 3.54. The van der Waals surface area contributed by atoms with E-state index in [9.17, 15) is 13.2 Å². The summed E-state index contributed by atoms with van der Waals surface area (Å²) in [6.45, 7) is 16.1. The molecular formula is C32H43NO10SSi. The topological polar surface area (TPSA) is 119 Å².